The zero-order chi connectivity index (χ0) is 13.2. The number of amides is 1. The minimum Gasteiger partial charge on any atom is -0.384 e. The summed E-state index contributed by atoms with van der Waals surface area (Å²) >= 11 is 0. The molecule has 1 fully saturated rings. The lowest BCUT2D eigenvalue weighted by Gasteiger charge is -2.32. The number of hydrogen-bond donors (Lipinski definition) is 1. The van der Waals surface area contributed by atoms with Gasteiger partial charge in [0, 0.05) is 38.0 Å². The number of anilines is 1. The van der Waals surface area contributed by atoms with Crippen LogP contribution in [0.5, 0.6) is 0 Å². The molecule has 1 atom stereocenters. The Labute approximate surface area is 113 Å². The van der Waals surface area contributed by atoms with Gasteiger partial charge in [-0.15, -0.1) is 0 Å². The number of methoxy groups -OCH3 is 1. The Balaban J connectivity index is 1.76. The number of likely N-dealkylation sites (tertiary alicyclic amines) is 1. The van der Waals surface area contributed by atoms with Crippen LogP contribution in [0.4, 0.5) is 5.69 Å². The van der Waals surface area contributed by atoms with Crippen molar-refractivity contribution in [2.45, 2.75) is 25.4 Å². The van der Waals surface area contributed by atoms with Gasteiger partial charge in [0.15, 0.2) is 0 Å². The molecular weight excluding hydrogens is 240 g/mol. The summed E-state index contributed by atoms with van der Waals surface area (Å²) in [6, 6.07) is 5.98. The molecule has 3 rings (SSSR count). The van der Waals surface area contributed by atoms with E-state index in [1.165, 1.54) is 11.3 Å². The molecule has 102 valence electrons. The summed E-state index contributed by atoms with van der Waals surface area (Å²) in [6.45, 7) is 2.53. The Morgan fingerprint density at radius 2 is 2.37 bits per heavy atom. The van der Waals surface area contributed by atoms with Crippen LogP contribution in [-0.4, -0.2) is 43.7 Å². The summed E-state index contributed by atoms with van der Waals surface area (Å²) < 4.78 is 5.38. The van der Waals surface area contributed by atoms with Crippen molar-refractivity contribution in [3.8, 4) is 0 Å². The van der Waals surface area contributed by atoms with Crippen molar-refractivity contribution in [1.29, 1.82) is 0 Å². The average molecular weight is 260 g/mol. The molecular formula is C15H20N2O2. The van der Waals surface area contributed by atoms with Gasteiger partial charge in [0.25, 0.3) is 5.91 Å². The normalized spacial score (nSPS) is 21.9. The Bertz CT molecular complexity index is 487. The number of carbonyl (C=O) groups is 1. The quantitative estimate of drug-likeness (QED) is 0.883. The molecule has 1 N–H and O–H groups in total. The van der Waals surface area contributed by atoms with E-state index in [2.05, 4.69) is 5.32 Å². The first-order valence-corrected chi connectivity index (χ1v) is 6.97. The number of nitrogens with one attached hydrogen (secondary N) is 1. The zero-order valence-electron chi connectivity index (χ0n) is 11.3. The fraction of sp³-hybridized carbons (Fsp3) is 0.533. The van der Waals surface area contributed by atoms with Gasteiger partial charge in [-0.1, -0.05) is 0 Å². The summed E-state index contributed by atoms with van der Waals surface area (Å²) in [5.74, 6) is 0.136. The standard InChI is InChI=1S/C15H20N2O2/c1-19-13-3-2-8-17(10-13)15(18)12-4-5-14-11(9-12)6-7-16-14/h4-5,9,13,16H,2-3,6-8,10H2,1H3. The molecule has 0 spiro atoms. The van der Waals surface area contributed by atoms with Crippen LogP contribution in [-0.2, 0) is 11.2 Å². The van der Waals surface area contributed by atoms with E-state index in [9.17, 15) is 4.79 Å². The third-order valence-corrected chi connectivity index (χ3v) is 4.06. The third kappa shape index (κ3) is 2.45. The fourth-order valence-electron chi connectivity index (χ4n) is 2.94. The lowest BCUT2D eigenvalue weighted by atomic mass is 10.0. The van der Waals surface area contributed by atoms with Crippen LogP contribution in [0.2, 0.25) is 0 Å². The second-order valence-electron chi connectivity index (χ2n) is 5.30. The van der Waals surface area contributed by atoms with Crippen LogP contribution >= 0.6 is 0 Å². The van der Waals surface area contributed by atoms with Gasteiger partial charge in [-0.25, -0.2) is 0 Å². The van der Waals surface area contributed by atoms with Gasteiger partial charge in [-0.3, -0.25) is 4.79 Å². The topological polar surface area (TPSA) is 41.6 Å². The molecule has 1 unspecified atom stereocenters. The zero-order valence-corrected chi connectivity index (χ0v) is 11.3. The molecule has 0 radical (unpaired) electrons. The number of ether oxygens (including phenoxy) is 1. The Kier molecular flexibility index (Phi) is 3.42. The Morgan fingerprint density at radius 3 is 3.21 bits per heavy atom. The summed E-state index contributed by atoms with van der Waals surface area (Å²) in [5, 5.41) is 3.32. The first kappa shape index (κ1) is 12.5. The van der Waals surface area contributed by atoms with Crippen molar-refractivity contribution < 1.29 is 9.53 Å². The van der Waals surface area contributed by atoms with E-state index >= 15 is 0 Å². The van der Waals surface area contributed by atoms with Crippen molar-refractivity contribution >= 4 is 11.6 Å². The molecule has 19 heavy (non-hydrogen) atoms. The number of piperidine rings is 1. The number of fused-ring (bicyclic) bond motifs is 1. The van der Waals surface area contributed by atoms with Crippen molar-refractivity contribution in [3.63, 3.8) is 0 Å². The first-order chi connectivity index (χ1) is 9.28. The lowest BCUT2D eigenvalue weighted by molar-refractivity contribution is 0.0269. The minimum atomic E-state index is 0.136. The van der Waals surface area contributed by atoms with Crippen LogP contribution in [0.3, 0.4) is 0 Å². The maximum absolute atomic E-state index is 12.5. The highest BCUT2D eigenvalue weighted by Gasteiger charge is 2.25. The molecule has 0 aromatic heterocycles. The second kappa shape index (κ2) is 5.21. The van der Waals surface area contributed by atoms with Crippen LogP contribution < -0.4 is 5.32 Å². The van der Waals surface area contributed by atoms with E-state index in [0.717, 1.165) is 37.9 Å². The molecule has 0 saturated carbocycles. The number of benzene rings is 1. The minimum absolute atomic E-state index is 0.136. The van der Waals surface area contributed by atoms with Gasteiger partial charge in [0.2, 0.25) is 0 Å². The van der Waals surface area contributed by atoms with E-state index in [1.807, 2.05) is 23.1 Å². The highest BCUT2D eigenvalue weighted by atomic mass is 16.5. The van der Waals surface area contributed by atoms with E-state index in [0.29, 0.717) is 6.54 Å². The van der Waals surface area contributed by atoms with Gasteiger partial charge in [-0.05, 0) is 43.0 Å². The van der Waals surface area contributed by atoms with Crippen LogP contribution in [0, 0.1) is 0 Å². The molecule has 1 saturated heterocycles. The molecule has 1 aromatic rings. The van der Waals surface area contributed by atoms with Gasteiger partial charge >= 0.3 is 0 Å². The number of nitrogens with zero attached hydrogens (tertiary/aromatic N) is 1. The van der Waals surface area contributed by atoms with E-state index in [4.69, 9.17) is 4.74 Å². The molecule has 0 bridgehead atoms. The SMILES string of the molecule is COC1CCCN(C(=O)c2ccc3c(c2)CCN3)C1. The van der Waals surface area contributed by atoms with Crippen LogP contribution in [0.1, 0.15) is 28.8 Å². The lowest BCUT2D eigenvalue weighted by Crippen LogP contribution is -2.42. The summed E-state index contributed by atoms with van der Waals surface area (Å²) in [7, 11) is 1.72. The fourth-order valence-corrected chi connectivity index (χ4v) is 2.94. The summed E-state index contributed by atoms with van der Waals surface area (Å²) in [5.41, 5.74) is 3.23. The highest BCUT2D eigenvalue weighted by Crippen LogP contribution is 2.24. The van der Waals surface area contributed by atoms with Crippen LogP contribution in [0.15, 0.2) is 18.2 Å². The third-order valence-electron chi connectivity index (χ3n) is 4.06. The largest absolute Gasteiger partial charge is 0.384 e. The highest BCUT2D eigenvalue weighted by molar-refractivity contribution is 5.95. The van der Waals surface area contributed by atoms with E-state index in [1.54, 1.807) is 7.11 Å². The van der Waals surface area contributed by atoms with Crippen molar-refractivity contribution in [1.82, 2.24) is 4.90 Å². The number of rotatable bonds is 2. The Morgan fingerprint density at radius 1 is 1.47 bits per heavy atom. The second-order valence-corrected chi connectivity index (χ2v) is 5.30. The van der Waals surface area contributed by atoms with Crippen molar-refractivity contribution in [2.75, 3.05) is 32.1 Å². The summed E-state index contributed by atoms with van der Waals surface area (Å²) in [4.78, 5) is 14.4. The van der Waals surface area contributed by atoms with Gasteiger partial charge < -0.3 is 15.0 Å². The maximum atomic E-state index is 12.5. The van der Waals surface area contributed by atoms with Crippen LogP contribution in [0.25, 0.3) is 0 Å². The van der Waals surface area contributed by atoms with Gasteiger partial charge in [0.1, 0.15) is 0 Å². The molecule has 4 nitrogen and oxygen atoms in total. The smallest absolute Gasteiger partial charge is 0.253 e. The molecule has 2 aliphatic heterocycles. The molecule has 1 aromatic carbocycles. The predicted molar refractivity (Wildman–Crippen MR) is 74.6 cm³/mol. The number of carbonyl (C=O) groups excluding carboxylic acids is 1. The first-order valence-electron chi connectivity index (χ1n) is 6.97. The van der Waals surface area contributed by atoms with Gasteiger partial charge in [-0.2, -0.15) is 0 Å². The molecule has 0 aliphatic carbocycles. The monoisotopic (exact) mass is 260 g/mol. The summed E-state index contributed by atoms with van der Waals surface area (Å²) in [6.07, 6.45) is 3.27. The molecule has 1 amide bonds. The van der Waals surface area contributed by atoms with Gasteiger partial charge in [0.05, 0.1) is 6.10 Å². The van der Waals surface area contributed by atoms with E-state index < -0.39 is 0 Å². The molecule has 2 aliphatic rings. The average Bonchev–Trinajstić information content (AvgIpc) is 2.94. The Hall–Kier alpha value is -1.55. The van der Waals surface area contributed by atoms with Crippen molar-refractivity contribution in [3.05, 3.63) is 29.3 Å². The molecule has 2 heterocycles. The number of hydrogen-bond acceptors (Lipinski definition) is 3. The van der Waals surface area contributed by atoms with E-state index in [-0.39, 0.29) is 12.0 Å². The molecule has 4 heteroatoms. The van der Waals surface area contributed by atoms with Crippen molar-refractivity contribution in [2.24, 2.45) is 0 Å². The maximum Gasteiger partial charge on any atom is 0.253 e. The predicted octanol–water partition coefficient (Wildman–Crippen LogP) is 1.91.